The fourth-order valence-electron chi connectivity index (χ4n) is 0.622. The van der Waals surface area contributed by atoms with Crippen molar-refractivity contribution in [3.63, 3.8) is 0 Å². The summed E-state index contributed by atoms with van der Waals surface area (Å²) in [7, 11) is -3.37. The largest absolute Gasteiger partial charge is 0.476 e. The smallest absolute Gasteiger partial charge is 0.355 e. The molecule has 72 valence electrons. The van der Waals surface area contributed by atoms with E-state index in [0.29, 0.717) is 0 Å². The first kappa shape index (κ1) is 10.1. The molecule has 1 aromatic heterocycles. The zero-order valence-electron chi connectivity index (χ0n) is 6.72. The summed E-state index contributed by atoms with van der Waals surface area (Å²) in [6.45, 7) is 1.48. The number of rotatable bonds is 3. The minimum absolute atomic E-state index is 0.0699. The normalized spacial score (nSPS) is 11.5. The van der Waals surface area contributed by atoms with E-state index in [9.17, 15) is 13.2 Å². The molecule has 0 spiro atoms. The van der Waals surface area contributed by atoms with E-state index >= 15 is 0 Å². The number of hydrogen-bond acceptors (Lipinski definition) is 5. The number of hydrogen-bond donors (Lipinski definition) is 1. The molecule has 0 amide bonds. The molecule has 1 rings (SSSR count). The SMILES string of the molecule is CCS(=O)(=O)c1nc(C(=O)O)cs1. The van der Waals surface area contributed by atoms with Crippen molar-refractivity contribution >= 4 is 27.1 Å². The highest BCUT2D eigenvalue weighted by molar-refractivity contribution is 7.93. The Morgan fingerprint density at radius 2 is 2.31 bits per heavy atom. The second-order valence-electron chi connectivity index (χ2n) is 2.21. The molecule has 0 saturated heterocycles. The van der Waals surface area contributed by atoms with Crippen LogP contribution in [0.1, 0.15) is 17.4 Å². The molecule has 13 heavy (non-hydrogen) atoms. The van der Waals surface area contributed by atoms with E-state index in [-0.39, 0.29) is 15.8 Å². The van der Waals surface area contributed by atoms with Crippen LogP contribution in [0.15, 0.2) is 9.72 Å². The Labute approximate surface area is 79.0 Å². The Bertz CT molecular complexity index is 420. The number of thiazole rings is 1. The van der Waals surface area contributed by atoms with Gasteiger partial charge in [-0.2, -0.15) is 0 Å². The van der Waals surface area contributed by atoms with Gasteiger partial charge in [0.2, 0.25) is 14.2 Å². The highest BCUT2D eigenvalue weighted by Gasteiger charge is 2.18. The van der Waals surface area contributed by atoms with Crippen molar-refractivity contribution in [1.29, 1.82) is 0 Å². The molecule has 0 fully saturated rings. The third-order valence-electron chi connectivity index (χ3n) is 1.35. The predicted molar refractivity (Wildman–Crippen MR) is 46.8 cm³/mol. The zero-order valence-corrected chi connectivity index (χ0v) is 8.35. The molecule has 0 aromatic carbocycles. The summed E-state index contributed by atoms with van der Waals surface area (Å²) in [5, 5.41) is 9.70. The third kappa shape index (κ3) is 2.04. The molecule has 5 nitrogen and oxygen atoms in total. The summed E-state index contributed by atoms with van der Waals surface area (Å²) in [5.41, 5.74) is -0.225. The average Bonchev–Trinajstić information content (AvgIpc) is 2.52. The maximum absolute atomic E-state index is 11.2. The Kier molecular flexibility index (Phi) is 2.67. The Hall–Kier alpha value is -0.950. The zero-order chi connectivity index (χ0) is 10.1. The van der Waals surface area contributed by atoms with E-state index in [1.807, 2.05) is 0 Å². The fraction of sp³-hybridized carbons (Fsp3) is 0.333. The van der Waals surface area contributed by atoms with Crippen LogP contribution in [0.2, 0.25) is 0 Å². The summed E-state index contributed by atoms with van der Waals surface area (Å²) in [5.74, 6) is -1.28. The molecule has 1 N–H and O–H groups in total. The van der Waals surface area contributed by atoms with Gasteiger partial charge in [0.1, 0.15) is 0 Å². The molecule has 1 aromatic rings. The van der Waals surface area contributed by atoms with Gasteiger partial charge >= 0.3 is 5.97 Å². The first-order valence-corrected chi connectivity index (χ1v) is 5.92. The van der Waals surface area contributed by atoms with Gasteiger partial charge in [-0.3, -0.25) is 0 Å². The molecule has 0 aliphatic carbocycles. The third-order valence-corrected chi connectivity index (χ3v) is 4.42. The summed E-state index contributed by atoms with van der Waals surface area (Å²) in [4.78, 5) is 13.9. The standard InChI is InChI=1S/C6H7NO4S2/c1-2-13(10,11)6-7-4(3-12-6)5(8)9/h3H,2H2,1H3,(H,8,9). The van der Waals surface area contributed by atoms with Crippen LogP contribution in [0.25, 0.3) is 0 Å². The topological polar surface area (TPSA) is 84.3 Å². The summed E-state index contributed by atoms with van der Waals surface area (Å²) >= 11 is 0.829. The first-order valence-electron chi connectivity index (χ1n) is 3.39. The van der Waals surface area contributed by atoms with Gasteiger partial charge in [0, 0.05) is 5.38 Å². The van der Waals surface area contributed by atoms with Crippen LogP contribution < -0.4 is 0 Å². The van der Waals surface area contributed by atoms with E-state index in [2.05, 4.69) is 4.98 Å². The van der Waals surface area contributed by atoms with Crippen molar-refractivity contribution in [2.75, 3.05) is 5.75 Å². The second kappa shape index (κ2) is 3.43. The van der Waals surface area contributed by atoms with E-state index in [1.54, 1.807) is 0 Å². The lowest BCUT2D eigenvalue weighted by molar-refractivity contribution is 0.0691. The van der Waals surface area contributed by atoms with Crippen molar-refractivity contribution in [2.24, 2.45) is 0 Å². The molecular formula is C6H7NO4S2. The molecule has 0 radical (unpaired) electrons. The van der Waals surface area contributed by atoms with Crippen LogP contribution in [0.4, 0.5) is 0 Å². The van der Waals surface area contributed by atoms with Crippen LogP contribution in [0.5, 0.6) is 0 Å². The molecule has 0 atom stereocenters. The number of sulfone groups is 1. The van der Waals surface area contributed by atoms with E-state index < -0.39 is 15.8 Å². The highest BCUT2D eigenvalue weighted by atomic mass is 32.2. The highest BCUT2D eigenvalue weighted by Crippen LogP contribution is 2.16. The summed E-state index contributed by atoms with van der Waals surface area (Å²) in [6.07, 6.45) is 0. The van der Waals surface area contributed by atoms with Crippen molar-refractivity contribution in [3.8, 4) is 0 Å². The fourth-order valence-corrected chi connectivity index (χ4v) is 2.71. The molecule has 7 heteroatoms. The van der Waals surface area contributed by atoms with Gasteiger partial charge in [-0.1, -0.05) is 6.92 Å². The first-order chi connectivity index (χ1) is 5.97. The Morgan fingerprint density at radius 3 is 2.69 bits per heavy atom. The summed E-state index contributed by atoms with van der Waals surface area (Å²) < 4.78 is 22.3. The average molecular weight is 221 g/mol. The molecule has 0 aliphatic rings. The molecular weight excluding hydrogens is 214 g/mol. The minimum atomic E-state index is -3.37. The number of carbonyl (C=O) groups is 1. The molecule has 0 saturated carbocycles. The predicted octanol–water partition coefficient (Wildman–Crippen LogP) is 0.635. The quantitative estimate of drug-likeness (QED) is 0.809. The maximum Gasteiger partial charge on any atom is 0.355 e. The van der Waals surface area contributed by atoms with Crippen molar-refractivity contribution in [3.05, 3.63) is 11.1 Å². The molecule has 1 heterocycles. The monoisotopic (exact) mass is 221 g/mol. The van der Waals surface area contributed by atoms with Gasteiger partial charge in [0.05, 0.1) is 5.75 Å². The lowest BCUT2D eigenvalue weighted by Crippen LogP contribution is -2.04. The van der Waals surface area contributed by atoms with Crippen LogP contribution in [-0.4, -0.2) is 30.2 Å². The molecule has 0 aliphatic heterocycles. The molecule has 0 unspecified atom stereocenters. The van der Waals surface area contributed by atoms with Gasteiger partial charge in [0.15, 0.2) is 5.69 Å². The Balaban J connectivity index is 3.13. The van der Waals surface area contributed by atoms with Gasteiger partial charge in [-0.15, -0.1) is 11.3 Å². The number of carboxylic acid groups (broad SMARTS) is 1. The van der Waals surface area contributed by atoms with Gasteiger partial charge < -0.3 is 5.11 Å². The van der Waals surface area contributed by atoms with Crippen LogP contribution >= 0.6 is 11.3 Å². The minimum Gasteiger partial charge on any atom is -0.476 e. The van der Waals surface area contributed by atoms with Crippen LogP contribution in [-0.2, 0) is 9.84 Å². The van der Waals surface area contributed by atoms with Crippen molar-refractivity contribution < 1.29 is 18.3 Å². The lowest BCUT2D eigenvalue weighted by Gasteiger charge is -1.92. The number of aromatic nitrogens is 1. The summed E-state index contributed by atoms with van der Waals surface area (Å²) in [6, 6.07) is 0. The van der Waals surface area contributed by atoms with Gasteiger partial charge in [-0.25, -0.2) is 18.2 Å². The van der Waals surface area contributed by atoms with Crippen LogP contribution in [0.3, 0.4) is 0 Å². The van der Waals surface area contributed by atoms with Gasteiger partial charge in [0.25, 0.3) is 0 Å². The Morgan fingerprint density at radius 1 is 1.69 bits per heavy atom. The van der Waals surface area contributed by atoms with Crippen molar-refractivity contribution in [2.45, 2.75) is 11.3 Å². The maximum atomic E-state index is 11.2. The van der Waals surface area contributed by atoms with Crippen molar-refractivity contribution in [1.82, 2.24) is 4.98 Å². The second-order valence-corrected chi connectivity index (χ2v) is 5.52. The van der Waals surface area contributed by atoms with Gasteiger partial charge in [-0.05, 0) is 0 Å². The number of nitrogens with zero attached hydrogens (tertiary/aromatic N) is 1. The lowest BCUT2D eigenvalue weighted by atomic mass is 10.5. The number of carboxylic acids is 1. The van der Waals surface area contributed by atoms with Crippen LogP contribution in [0, 0.1) is 0 Å². The van der Waals surface area contributed by atoms with E-state index in [1.165, 1.54) is 12.3 Å². The molecule has 0 bridgehead atoms. The van der Waals surface area contributed by atoms with E-state index in [0.717, 1.165) is 11.3 Å². The number of aromatic carboxylic acids is 1. The van der Waals surface area contributed by atoms with E-state index in [4.69, 9.17) is 5.11 Å².